The molecule has 2 aromatic carbocycles. The van der Waals surface area contributed by atoms with Gasteiger partial charge in [0.2, 0.25) is 11.8 Å². The fourth-order valence-corrected chi connectivity index (χ4v) is 8.62. The Morgan fingerprint density at radius 2 is 1.67 bits per heavy atom. The summed E-state index contributed by atoms with van der Waals surface area (Å²) in [5, 5.41) is 10.7. The number of benzene rings is 2. The van der Waals surface area contributed by atoms with Crippen LogP contribution in [0.4, 0.5) is 11.4 Å². The summed E-state index contributed by atoms with van der Waals surface area (Å²) < 4.78 is 12.7. The van der Waals surface area contributed by atoms with Crippen molar-refractivity contribution in [3.05, 3.63) is 78.9 Å². The molecule has 2 bridgehead atoms. The van der Waals surface area contributed by atoms with Crippen LogP contribution in [0.1, 0.15) is 52.2 Å². The van der Waals surface area contributed by atoms with Gasteiger partial charge in [-0.25, -0.2) is 0 Å². The van der Waals surface area contributed by atoms with Gasteiger partial charge in [0.1, 0.15) is 17.4 Å². The van der Waals surface area contributed by atoms with Gasteiger partial charge in [0.15, 0.2) is 0 Å². The van der Waals surface area contributed by atoms with E-state index in [1.54, 1.807) is 26.9 Å². The highest BCUT2D eigenvalue weighted by Crippen LogP contribution is 2.66. The lowest BCUT2D eigenvalue weighted by atomic mass is 9.62. The van der Waals surface area contributed by atoms with Crippen LogP contribution in [0.25, 0.3) is 0 Å². The second-order valence-corrected chi connectivity index (χ2v) is 14.1. The average Bonchev–Trinajstić information content (AvgIpc) is 3.56. The number of amides is 3. The van der Waals surface area contributed by atoms with Gasteiger partial charge in [-0.15, -0.1) is 13.2 Å². The molecule has 2 aromatic rings. The minimum Gasteiger partial charge on any atom is -0.494 e. The monoisotopic (exact) mass is 657 g/mol. The number of para-hydroxylation sites is 1. The van der Waals surface area contributed by atoms with Crippen LogP contribution in [0.5, 0.6) is 5.75 Å². The van der Waals surface area contributed by atoms with Crippen LogP contribution in [0.15, 0.2) is 67.8 Å². The van der Waals surface area contributed by atoms with E-state index >= 15 is 4.79 Å². The molecule has 5 rings (SSSR count). The third-order valence-electron chi connectivity index (χ3n) is 10.9. The van der Waals surface area contributed by atoms with Crippen molar-refractivity contribution in [1.29, 1.82) is 0 Å². The zero-order valence-corrected chi connectivity index (χ0v) is 29.4. The van der Waals surface area contributed by atoms with Crippen molar-refractivity contribution in [3.8, 4) is 5.75 Å². The number of ether oxygens (including phenoxy) is 2. The Labute approximate surface area is 285 Å². The fourth-order valence-electron chi connectivity index (χ4n) is 8.62. The lowest BCUT2D eigenvalue weighted by molar-refractivity contribution is -0.150. The smallest absolute Gasteiger partial charge is 0.253 e. The Morgan fingerprint density at radius 3 is 2.21 bits per heavy atom. The lowest BCUT2D eigenvalue weighted by Crippen LogP contribution is -2.60. The maximum atomic E-state index is 15.2. The van der Waals surface area contributed by atoms with Crippen molar-refractivity contribution in [2.24, 2.45) is 23.7 Å². The van der Waals surface area contributed by atoms with E-state index in [1.807, 2.05) is 90.9 Å². The van der Waals surface area contributed by atoms with E-state index in [-0.39, 0.29) is 49.3 Å². The molecule has 0 saturated carbocycles. The summed E-state index contributed by atoms with van der Waals surface area (Å²) in [6.07, 6.45) is 3.77. The molecule has 258 valence electrons. The first-order valence-electron chi connectivity index (χ1n) is 17.1. The molecule has 48 heavy (non-hydrogen) atoms. The van der Waals surface area contributed by atoms with Crippen molar-refractivity contribution in [1.82, 2.24) is 4.90 Å². The van der Waals surface area contributed by atoms with Gasteiger partial charge in [0, 0.05) is 24.5 Å². The zero-order chi connectivity index (χ0) is 35.1. The number of aryl methyl sites for hydroxylation is 2. The van der Waals surface area contributed by atoms with E-state index < -0.39 is 35.1 Å². The minimum absolute atomic E-state index is 0.142. The molecule has 9 heteroatoms. The number of aliphatic hydroxyl groups is 1. The predicted octanol–water partition coefficient (Wildman–Crippen LogP) is 5.47. The van der Waals surface area contributed by atoms with E-state index in [9.17, 15) is 14.7 Å². The first kappa shape index (κ1) is 35.4. The van der Waals surface area contributed by atoms with E-state index in [2.05, 4.69) is 13.2 Å². The first-order valence-corrected chi connectivity index (χ1v) is 17.1. The summed E-state index contributed by atoms with van der Waals surface area (Å²) in [4.78, 5) is 50.0. The number of fused-ring (bicyclic) bond motifs is 1. The summed E-state index contributed by atoms with van der Waals surface area (Å²) in [7, 11) is 0. The maximum Gasteiger partial charge on any atom is 0.253 e. The number of rotatable bonds is 13. The number of aliphatic hydroxyl groups excluding tert-OH is 1. The van der Waals surface area contributed by atoms with Gasteiger partial charge in [-0.3, -0.25) is 14.4 Å². The maximum absolute atomic E-state index is 15.2. The highest BCUT2D eigenvalue weighted by atomic mass is 16.5. The Morgan fingerprint density at radius 1 is 1.06 bits per heavy atom. The highest BCUT2D eigenvalue weighted by molar-refractivity contribution is 6.07. The molecule has 3 fully saturated rings. The summed E-state index contributed by atoms with van der Waals surface area (Å²) in [6.45, 7) is 22.1. The molecule has 3 amide bonds. The Bertz CT molecular complexity index is 1550. The van der Waals surface area contributed by atoms with E-state index in [1.165, 1.54) is 0 Å². The van der Waals surface area contributed by atoms with Crippen LogP contribution in [0.2, 0.25) is 0 Å². The third kappa shape index (κ3) is 5.45. The number of hydrogen-bond donors (Lipinski definition) is 1. The zero-order valence-electron chi connectivity index (χ0n) is 29.4. The van der Waals surface area contributed by atoms with Crippen LogP contribution < -0.4 is 14.5 Å². The van der Waals surface area contributed by atoms with Crippen molar-refractivity contribution >= 4 is 29.1 Å². The largest absolute Gasteiger partial charge is 0.494 e. The van der Waals surface area contributed by atoms with Gasteiger partial charge >= 0.3 is 0 Å². The van der Waals surface area contributed by atoms with Crippen LogP contribution in [-0.2, 0) is 19.1 Å². The normalized spacial score (nSPS) is 27.9. The van der Waals surface area contributed by atoms with Gasteiger partial charge in [0.25, 0.3) is 5.91 Å². The van der Waals surface area contributed by atoms with Gasteiger partial charge in [0.05, 0.1) is 36.7 Å². The summed E-state index contributed by atoms with van der Waals surface area (Å²) in [5.41, 5.74) is 0.942. The number of nitrogens with zero attached hydrogens (tertiary/aromatic N) is 3. The van der Waals surface area contributed by atoms with Crippen molar-refractivity contribution in [3.63, 3.8) is 0 Å². The molecule has 1 N–H and O–H groups in total. The molecule has 0 aliphatic carbocycles. The van der Waals surface area contributed by atoms with Gasteiger partial charge in [-0.2, -0.15) is 0 Å². The Balaban J connectivity index is 1.67. The van der Waals surface area contributed by atoms with E-state index in [0.29, 0.717) is 24.5 Å². The van der Waals surface area contributed by atoms with E-state index in [0.717, 1.165) is 16.8 Å². The van der Waals surface area contributed by atoms with Crippen LogP contribution in [0.3, 0.4) is 0 Å². The van der Waals surface area contributed by atoms with Crippen LogP contribution >= 0.6 is 0 Å². The molecule has 3 saturated heterocycles. The van der Waals surface area contributed by atoms with Gasteiger partial charge in [-0.05, 0) is 81.3 Å². The second-order valence-electron chi connectivity index (χ2n) is 14.1. The van der Waals surface area contributed by atoms with Gasteiger partial charge < -0.3 is 29.3 Å². The topological polar surface area (TPSA) is 99.6 Å². The molecule has 7 atom stereocenters. The summed E-state index contributed by atoms with van der Waals surface area (Å²) in [5.74, 6) is -2.32. The second kappa shape index (κ2) is 13.5. The number of hydrogen-bond acceptors (Lipinski definition) is 6. The predicted molar refractivity (Wildman–Crippen MR) is 188 cm³/mol. The number of carbonyl (C=O) groups is 3. The molecular weight excluding hydrogens is 606 g/mol. The number of likely N-dealkylation sites (tertiary alicyclic amines) is 1. The minimum atomic E-state index is -1.28. The molecule has 3 unspecified atom stereocenters. The molecule has 3 aliphatic heterocycles. The highest BCUT2D eigenvalue weighted by Gasteiger charge is 2.80. The molecule has 9 nitrogen and oxygen atoms in total. The van der Waals surface area contributed by atoms with Crippen molar-refractivity contribution in [2.75, 3.05) is 36.1 Å². The summed E-state index contributed by atoms with van der Waals surface area (Å²) >= 11 is 0. The van der Waals surface area contributed by atoms with Crippen molar-refractivity contribution in [2.45, 2.75) is 78.2 Å². The molecule has 1 spiro atoms. The Hall–Kier alpha value is -3.95. The summed E-state index contributed by atoms with van der Waals surface area (Å²) in [6, 6.07) is 11.4. The number of carbonyl (C=O) groups excluding carboxylic acids is 3. The molecule has 0 radical (unpaired) electrons. The lowest BCUT2D eigenvalue weighted by Gasteiger charge is -2.41. The van der Waals surface area contributed by atoms with Crippen LogP contribution in [-0.4, -0.2) is 77.3 Å². The number of anilines is 2. The van der Waals surface area contributed by atoms with E-state index in [4.69, 9.17) is 9.47 Å². The molecule has 0 aromatic heterocycles. The molecule has 3 heterocycles. The standard InChI is InChI=1S/C39H51N3O6/c1-10-20-40(28-16-18-29(19-17-28)47-12-3)35(44)31-32-36(45)42(30(23-43)24(4)5)34(39(32)22-27(8)38(31,9)48-39)37(46)41(21-11-2)33-25(6)14-13-15-26(33)7/h10-11,13-19,24,27,30-32,34,43H,1-2,12,20-23H2,3-9H3/t27?,30-,31+,32-,34?,38-,39?/m0/s1. The fraction of sp³-hybridized carbons (Fsp3) is 0.513. The third-order valence-corrected chi connectivity index (χ3v) is 10.9. The van der Waals surface area contributed by atoms with Crippen molar-refractivity contribution < 1.29 is 29.0 Å². The Kier molecular flexibility index (Phi) is 9.96. The molecule has 3 aliphatic rings. The first-order chi connectivity index (χ1) is 22.8. The quantitative estimate of drug-likeness (QED) is 0.287. The van der Waals surface area contributed by atoms with Gasteiger partial charge in [-0.1, -0.05) is 51.1 Å². The SMILES string of the molecule is C=CCN(C(=O)[C@H]1[C@H]2C(=O)N([C@@H](CO)C(C)C)C(C(=O)N(CC=C)c3c(C)cccc3C)C23CC(C)[C@]1(C)O3)c1ccc(OCC)cc1. The molecular formula is C39H51N3O6. The van der Waals surface area contributed by atoms with Crippen LogP contribution in [0, 0.1) is 37.5 Å². The average molecular weight is 658 g/mol.